The van der Waals surface area contributed by atoms with Gasteiger partial charge in [0, 0.05) is 37.3 Å². The van der Waals surface area contributed by atoms with Gasteiger partial charge in [-0.1, -0.05) is 6.07 Å². The summed E-state index contributed by atoms with van der Waals surface area (Å²) in [5.41, 5.74) is 8.15. The number of aromatic nitrogens is 2. The van der Waals surface area contributed by atoms with Crippen molar-refractivity contribution in [2.24, 2.45) is 5.73 Å². The highest BCUT2D eigenvalue weighted by atomic mass is 16.5. The van der Waals surface area contributed by atoms with Gasteiger partial charge in [0.2, 0.25) is 0 Å². The van der Waals surface area contributed by atoms with Crippen molar-refractivity contribution >= 4 is 5.82 Å². The highest BCUT2D eigenvalue weighted by Crippen LogP contribution is 2.35. The molecule has 1 aromatic heterocycles. The molecule has 0 aliphatic heterocycles. The molecule has 6 heteroatoms. The molecule has 0 unspecified atom stereocenters. The van der Waals surface area contributed by atoms with Crippen LogP contribution in [0.2, 0.25) is 0 Å². The summed E-state index contributed by atoms with van der Waals surface area (Å²) in [6.45, 7) is 2.66. The van der Waals surface area contributed by atoms with E-state index in [-0.39, 0.29) is 0 Å². The number of nitrogens with two attached hydrogens (primary N) is 1. The smallest absolute Gasteiger partial charge is 0.161 e. The van der Waals surface area contributed by atoms with E-state index < -0.39 is 0 Å². The lowest BCUT2D eigenvalue weighted by atomic mass is 9.78. The molecule has 0 atom stereocenters. The highest BCUT2D eigenvalue weighted by Gasteiger charge is 2.29. The number of benzene rings is 1. The van der Waals surface area contributed by atoms with Gasteiger partial charge in [-0.25, -0.2) is 9.97 Å². The van der Waals surface area contributed by atoms with Gasteiger partial charge in [-0.15, -0.1) is 0 Å². The normalized spacial score (nSPS) is 19.2. The van der Waals surface area contributed by atoms with Gasteiger partial charge < -0.3 is 20.1 Å². The van der Waals surface area contributed by atoms with Crippen molar-refractivity contribution in [3.63, 3.8) is 0 Å². The van der Waals surface area contributed by atoms with Gasteiger partial charge in [-0.2, -0.15) is 0 Å². The number of hydrogen-bond acceptors (Lipinski definition) is 6. The second-order valence-electron chi connectivity index (χ2n) is 6.67. The molecule has 0 amide bonds. The molecular formula is C19H26N4O2. The summed E-state index contributed by atoms with van der Waals surface area (Å²) in [6.07, 6.45) is 2.02. The van der Waals surface area contributed by atoms with Crippen LogP contribution in [0.3, 0.4) is 0 Å². The van der Waals surface area contributed by atoms with Crippen LogP contribution in [-0.2, 0) is 6.54 Å². The fraction of sp³-hybridized carbons (Fsp3) is 0.474. The Morgan fingerprint density at radius 1 is 1.12 bits per heavy atom. The van der Waals surface area contributed by atoms with Gasteiger partial charge in [-0.3, -0.25) is 0 Å². The Hall–Kier alpha value is -2.34. The summed E-state index contributed by atoms with van der Waals surface area (Å²) in [4.78, 5) is 11.3. The molecule has 3 rings (SSSR count). The largest absolute Gasteiger partial charge is 0.493 e. The quantitative estimate of drug-likeness (QED) is 0.870. The van der Waals surface area contributed by atoms with Crippen LogP contribution in [0.25, 0.3) is 0 Å². The van der Waals surface area contributed by atoms with Crippen LogP contribution in [0, 0.1) is 6.92 Å². The molecule has 0 bridgehead atoms. The van der Waals surface area contributed by atoms with Gasteiger partial charge in [-0.05, 0) is 37.5 Å². The van der Waals surface area contributed by atoms with Crippen molar-refractivity contribution in [3.05, 3.63) is 41.3 Å². The maximum Gasteiger partial charge on any atom is 0.161 e. The van der Waals surface area contributed by atoms with E-state index in [9.17, 15) is 0 Å². The first-order valence-corrected chi connectivity index (χ1v) is 8.53. The van der Waals surface area contributed by atoms with E-state index in [0.717, 1.165) is 53.8 Å². The monoisotopic (exact) mass is 342 g/mol. The Balaban J connectivity index is 1.78. The van der Waals surface area contributed by atoms with Gasteiger partial charge in [0.1, 0.15) is 11.6 Å². The van der Waals surface area contributed by atoms with Crippen molar-refractivity contribution in [1.29, 1.82) is 0 Å². The zero-order chi connectivity index (χ0) is 18.0. The summed E-state index contributed by atoms with van der Waals surface area (Å²) in [5.74, 6) is 3.65. The maximum atomic E-state index is 5.92. The molecule has 0 radical (unpaired) electrons. The molecule has 2 N–H and O–H groups in total. The van der Waals surface area contributed by atoms with Crippen molar-refractivity contribution in [2.75, 3.05) is 26.2 Å². The van der Waals surface area contributed by atoms with Crippen LogP contribution < -0.4 is 20.1 Å². The van der Waals surface area contributed by atoms with Crippen LogP contribution in [-0.4, -0.2) is 37.3 Å². The second kappa shape index (κ2) is 7.27. The number of nitrogens with zero attached hydrogens (tertiary/aromatic N) is 3. The molecule has 134 valence electrons. The zero-order valence-corrected chi connectivity index (χ0v) is 15.3. The van der Waals surface area contributed by atoms with Gasteiger partial charge in [0.05, 0.1) is 14.2 Å². The molecule has 1 aliphatic rings. The molecule has 1 saturated carbocycles. The van der Waals surface area contributed by atoms with Crippen molar-refractivity contribution in [2.45, 2.75) is 38.3 Å². The van der Waals surface area contributed by atoms with Crippen molar-refractivity contribution < 1.29 is 9.47 Å². The molecule has 1 aliphatic carbocycles. The van der Waals surface area contributed by atoms with Crippen LogP contribution >= 0.6 is 0 Å². The number of anilines is 1. The molecule has 6 nitrogen and oxygen atoms in total. The first-order valence-electron chi connectivity index (χ1n) is 8.53. The first kappa shape index (κ1) is 17.5. The lowest BCUT2D eigenvalue weighted by Gasteiger charge is -2.32. The molecule has 0 saturated heterocycles. The minimum Gasteiger partial charge on any atom is -0.493 e. The highest BCUT2D eigenvalue weighted by molar-refractivity contribution is 5.46. The molecule has 0 spiro atoms. The SMILES string of the molecule is COc1ccc(CN(C)c2cc(C3CC(N)C3)nc(C)n2)cc1OC. The molecular weight excluding hydrogens is 316 g/mol. The van der Waals surface area contributed by atoms with Crippen LogP contribution in [0.1, 0.15) is 35.8 Å². The maximum absolute atomic E-state index is 5.92. The summed E-state index contributed by atoms with van der Waals surface area (Å²) in [7, 11) is 5.32. The molecule has 25 heavy (non-hydrogen) atoms. The standard InChI is InChI=1S/C19H26N4O2/c1-12-21-16(14-8-15(20)9-14)10-19(22-12)23(2)11-13-5-6-17(24-3)18(7-13)25-4/h5-7,10,14-15H,8-9,11,20H2,1-4H3. The average Bonchev–Trinajstić information content (AvgIpc) is 2.58. The third-order valence-electron chi connectivity index (χ3n) is 4.70. The van der Waals surface area contributed by atoms with Crippen LogP contribution in [0.15, 0.2) is 24.3 Å². The van der Waals surface area contributed by atoms with E-state index in [2.05, 4.69) is 20.9 Å². The summed E-state index contributed by atoms with van der Waals surface area (Å²) in [5, 5.41) is 0. The Morgan fingerprint density at radius 3 is 2.48 bits per heavy atom. The molecule has 1 aromatic carbocycles. The van der Waals surface area contributed by atoms with E-state index in [1.54, 1.807) is 14.2 Å². The van der Waals surface area contributed by atoms with E-state index in [4.69, 9.17) is 15.2 Å². The Bertz CT molecular complexity index is 744. The van der Waals surface area contributed by atoms with Crippen molar-refractivity contribution in [3.8, 4) is 11.5 Å². The molecule has 1 fully saturated rings. The predicted molar refractivity (Wildman–Crippen MR) is 98.4 cm³/mol. The van der Waals surface area contributed by atoms with Crippen LogP contribution in [0.4, 0.5) is 5.82 Å². The van der Waals surface area contributed by atoms with Gasteiger partial charge in [0.15, 0.2) is 11.5 Å². The zero-order valence-electron chi connectivity index (χ0n) is 15.3. The second-order valence-corrected chi connectivity index (χ2v) is 6.67. The van der Waals surface area contributed by atoms with Crippen molar-refractivity contribution in [1.82, 2.24) is 9.97 Å². The topological polar surface area (TPSA) is 73.5 Å². The fourth-order valence-corrected chi connectivity index (χ4v) is 3.22. The summed E-state index contributed by atoms with van der Waals surface area (Å²) < 4.78 is 10.7. The minimum absolute atomic E-state index is 0.313. The number of ether oxygens (including phenoxy) is 2. The number of aryl methyl sites for hydroxylation is 1. The lowest BCUT2D eigenvalue weighted by Crippen LogP contribution is -2.35. The van der Waals surface area contributed by atoms with Gasteiger partial charge in [0.25, 0.3) is 0 Å². The van der Waals surface area contributed by atoms with E-state index >= 15 is 0 Å². The predicted octanol–water partition coefficient (Wildman–Crippen LogP) is 2.64. The number of methoxy groups -OCH3 is 2. The Labute approximate surface area is 149 Å². The number of rotatable bonds is 6. The van der Waals surface area contributed by atoms with E-state index in [1.807, 2.05) is 32.2 Å². The van der Waals surface area contributed by atoms with E-state index in [0.29, 0.717) is 12.0 Å². The first-order chi connectivity index (χ1) is 12.0. The van der Waals surface area contributed by atoms with Crippen LogP contribution in [0.5, 0.6) is 11.5 Å². The van der Waals surface area contributed by atoms with Gasteiger partial charge >= 0.3 is 0 Å². The molecule has 2 aromatic rings. The summed E-state index contributed by atoms with van der Waals surface area (Å²) >= 11 is 0. The number of hydrogen-bond donors (Lipinski definition) is 1. The van der Waals surface area contributed by atoms with E-state index in [1.165, 1.54) is 0 Å². The third kappa shape index (κ3) is 3.85. The third-order valence-corrected chi connectivity index (χ3v) is 4.70. The average molecular weight is 342 g/mol. The Morgan fingerprint density at radius 2 is 1.84 bits per heavy atom. The minimum atomic E-state index is 0.313. The molecule has 1 heterocycles. The fourth-order valence-electron chi connectivity index (χ4n) is 3.22. The Kier molecular flexibility index (Phi) is 5.08. The summed E-state index contributed by atoms with van der Waals surface area (Å²) in [6, 6.07) is 8.36. The lowest BCUT2D eigenvalue weighted by molar-refractivity contribution is 0.344.